The first kappa shape index (κ1) is 19.0. The van der Waals surface area contributed by atoms with E-state index in [9.17, 15) is 0 Å². The smallest absolute Gasteiger partial charge is 0.198 e. The third-order valence-electron chi connectivity index (χ3n) is 7.60. The Morgan fingerprint density at radius 2 is 1.58 bits per heavy atom. The van der Waals surface area contributed by atoms with Gasteiger partial charge in [-0.2, -0.15) is 4.57 Å². The number of hydrogen-bond donors (Lipinski definition) is 0. The van der Waals surface area contributed by atoms with E-state index < -0.39 is 8.07 Å². The van der Waals surface area contributed by atoms with Crippen LogP contribution in [0.1, 0.15) is 37.6 Å². The van der Waals surface area contributed by atoms with Crippen LogP contribution in [0.5, 0.6) is 0 Å². The summed E-state index contributed by atoms with van der Waals surface area (Å²) in [6.45, 7) is 13.9. The van der Waals surface area contributed by atoms with Crippen LogP contribution in [0.25, 0.3) is 22.0 Å². The summed E-state index contributed by atoms with van der Waals surface area (Å²) in [5.41, 5.74) is 7.55. The molecule has 4 aromatic rings. The Hall–Kier alpha value is -2.71. The maximum absolute atomic E-state index is 9.09. The third-order valence-corrected chi connectivity index (χ3v) is 11.1. The zero-order valence-corrected chi connectivity index (χ0v) is 20.7. The fourth-order valence-electron chi connectivity index (χ4n) is 5.43. The predicted octanol–water partition coefficient (Wildman–Crippen LogP) is 5.41. The van der Waals surface area contributed by atoms with E-state index in [1.54, 1.807) is 0 Å². The van der Waals surface area contributed by atoms with Gasteiger partial charge in [0.2, 0.25) is 5.69 Å². The number of fused-ring (bicyclic) bond motifs is 2. The Labute approximate surface area is 188 Å². The second-order valence-electron chi connectivity index (χ2n) is 10.2. The van der Waals surface area contributed by atoms with E-state index in [0.29, 0.717) is 6.04 Å². The van der Waals surface area contributed by atoms with Gasteiger partial charge in [-0.05, 0) is 29.0 Å². The summed E-state index contributed by atoms with van der Waals surface area (Å²) in [7, 11) is 0.199. The minimum absolute atomic E-state index is 0.127. The molecule has 0 unspecified atom stereocenters. The normalized spacial score (nSPS) is 15.0. The Morgan fingerprint density at radius 1 is 0.871 bits per heavy atom. The van der Waals surface area contributed by atoms with Crippen molar-refractivity contribution in [2.45, 2.75) is 46.2 Å². The van der Waals surface area contributed by atoms with Gasteiger partial charge in [-0.15, -0.1) is 0 Å². The number of benzene rings is 3. The summed E-state index contributed by atoms with van der Waals surface area (Å²) >= 11 is 0. The van der Waals surface area contributed by atoms with Crippen molar-refractivity contribution < 1.29 is 5.94 Å². The lowest BCUT2D eigenvalue weighted by Crippen LogP contribution is -2.53. The second kappa shape index (κ2) is 6.64. The maximum Gasteiger partial charge on any atom is 0.221 e. The van der Waals surface area contributed by atoms with Gasteiger partial charge in [-0.1, -0.05) is 98.0 Å². The molecule has 31 heavy (non-hydrogen) atoms. The minimum atomic E-state index is -1.92. The molecule has 0 aliphatic heterocycles. The van der Waals surface area contributed by atoms with Crippen LogP contribution in [0, 0.1) is 13.8 Å². The highest BCUT2D eigenvalue weighted by molar-refractivity contribution is 7.00. The number of rotatable bonds is 2. The van der Waals surface area contributed by atoms with Crippen molar-refractivity contribution in [2.24, 2.45) is 7.05 Å². The molecule has 2 heteroatoms. The third kappa shape index (κ3) is 2.78. The second-order valence-corrected chi connectivity index (χ2v) is 14.6. The lowest BCUT2D eigenvalue weighted by Gasteiger charge is -2.36. The van der Waals surface area contributed by atoms with Crippen LogP contribution in [0.15, 0.2) is 66.7 Å². The molecule has 1 nitrogen and oxygen atoms in total. The van der Waals surface area contributed by atoms with Crippen LogP contribution >= 0.6 is 0 Å². The zero-order valence-electron chi connectivity index (χ0n) is 20.7. The first-order chi connectivity index (χ1) is 15.1. The Kier molecular flexibility index (Phi) is 4.07. The summed E-state index contributed by atoms with van der Waals surface area (Å²) < 4.78 is 11.3. The van der Waals surface area contributed by atoms with Crippen molar-refractivity contribution in [3.63, 3.8) is 0 Å². The van der Waals surface area contributed by atoms with E-state index in [1.165, 1.54) is 43.7 Å². The van der Waals surface area contributed by atoms with Crippen molar-refractivity contribution in [1.82, 2.24) is 0 Å². The van der Waals surface area contributed by atoms with Gasteiger partial charge in [0.25, 0.3) is 0 Å². The summed E-state index contributed by atoms with van der Waals surface area (Å²) in [6.07, 6.45) is 0. The van der Waals surface area contributed by atoms with E-state index in [0.717, 1.165) is 11.1 Å². The molecule has 1 aromatic heterocycles. The fraction of sp³-hybridized carbons (Fsp3) is 0.276. The molecular weight excluding hydrogens is 390 g/mol. The molecule has 0 bridgehead atoms. The molecule has 0 radical (unpaired) electrons. The zero-order chi connectivity index (χ0) is 23.0. The van der Waals surface area contributed by atoms with E-state index >= 15 is 0 Å². The average Bonchev–Trinajstić information content (AvgIpc) is 2.78. The molecule has 5 rings (SSSR count). The van der Waals surface area contributed by atoms with Gasteiger partial charge in [-0.25, -0.2) is 0 Å². The highest BCUT2D eigenvalue weighted by Gasteiger charge is 2.40. The summed E-state index contributed by atoms with van der Waals surface area (Å²) in [5.74, 6) is 0. The molecule has 0 saturated carbocycles. The van der Waals surface area contributed by atoms with Gasteiger partial charge in [0.15, 0.2) is 5.69 Å². The standard InChI is InChI=1S/C29H32NSi/c1-19-12-11-15-24-26(19)28-27-21(16-20(2)30(28)5)17-23(18-25(27)29(24,3)4)31(6,7)22-13-9-8-10-14-22/h8-18H,1-7H3/q+1/i16D. The number of aryl methyl sites for hydroxylation is 1. The molecule has 1 aliphatic carbocycles. The molecule has 1 aliphatic rings. The van der Waals surface area contributed by atoms with Gasteiger partial charge < -0.3 is 0 Å². The summed E-state index contributed by atoms with van der Waals surface area (Å²) in [4.78, 5) is 0. The van der Waals surface area contributed by atoms with E-state index in [2.05, 4.69) is 113 Å². The number of aromatic nitrogens is 1. The molecule has 0 N–H and O–H groups in total. The molecule has 156 valence electrons. The van der Waals surface area contributed by atoms with Crippen molar-refractivity contribution >= 4 is 29.2 Å². The first-order valence-electron chi connectivity index (χ1n) is 11.7. The Balaban J connectivity index is 1.97. The van der Waals surface area contributed by atoms with Gasteiger partial charge in [-0.3, -0.25) is 0 Å². The molecule has 3 aromatic carbocycles. The Bertz CT molecular complexity index is 1400. The molecule has 0 spiro atoms. The van der Waals surface area contributed by atoms with Crippen LogP contribution in [0.4, 0.5) is 0 Å². The number of hydrogen-bond acceptors (Lipinski definition) is 0. The minimum Gasteiger partial charge on any atom is -0.198 e. The Morgan fingerprint density at radius 3 is 2.29 bits per heavy atom. The van der Waals surface area contributed by atoms with Gasteiger partial charge in [0, 0.05) is 18.4 Å². The lowest BCUT2D eigenvalue weighted by atomic mass is 9.68. The first-order valence-corrected chi connectivity index (χ1v) is 14.2. The summed E-state index contributed by atoms with van der Waals surface area (Å²) in [6, 6.07) is 23.1. The quantitative estimate of drug-likeness (QED) is 0.300. The predicted molar refractivity (Wildman–Crippen MR) is 135 cm³/mol. The van der Waals surface area contributed by atoms with Crippen LogP contribution in [-0.2, 0) is 12.5 Å². The SMILES string of the molecule is [2H]c1c(C)[n+](C)c2c3c(cc([Si](C)(C)c4ccccc4)cc13)C(C)(C)c1cccc(C)c1-2. The van der Waals surface area contributed by atoms with Crippen LogP contribution in [0.2, 0.25) is 13.1 Å². The van der Waals surface area contributed by atoms with Gasteiger partial charge in [0.05, 0.1) is 12.3 Å². The maximum atomic E-state index is 9.09. The van der Waals surface area contributed by atoms with Crippen LogP contribution in [-0.4, -0.2) is 8.07 Å². The molecule has 0 saturated heterocycles. The van der Waals surface area contributed by atoms with Crippen molar-refractivity contribution in [3.8, 4) is 11.3 Å². The van der Waals surface area contributed by atoms with Gasteiger partial charge in [0.1, 0.15) is 15.1 Å². The number of pyridine rings is 1. The van der Waals surface area contributed by atoms with Crippen LogP contribution < -0.4 is 14.9 Å². The molecule has 0 amide bonds. The van der Waals surface area contributed by atoms with Crippen molar-refractivity contribution in [3.05, 3.63) is 89.1 Å². The van der Waals surface area contributed by atoms with Gasteiger partial charge >= 0.3 is 0 Å². The topological polar surface area (TPSA) is 3.88 Å². The highest BCUT2D eigenvalue weighted by atomic mass is 28.3. The van der Waals surface area contributed by atoms with Crippen molar-refractivity contribution in [1.29, 1.82) is 0 Å². The average molecular weight is 424 g/mol. The monoisotopic (exact) mass is 423 g/mol. The molecule has 0 fully saturated rings. The van der Waals surface area contributed by atoms with E-state index in [1.807, 2.05) is 0 Å². The number of nitrogens with zero attached hydrogens (tertiary/aromatic N) is 1. The van der Waals surface area contributed by atoms with E-state index in [-0.39, 0.29) is 5.41 Å². The van der Waals surface area contributed by atoms with Crippen LogP contribution in [0.3, 0.4) is 0 Å². The largest absolute Gasteiger partial charge is 0.221 e. The molecule has 0 atom stereocenters. The molecule has 1 heterocycles. The fourth-order valence-corrected chi connectivity index (χ4v) is 7.80. The lowest BCUT2D eigenvalue weighted by molar-refractivity contribution is -0.665. The highest BCUT2D eigenvalue weighted by Crippen LogP contribution is 2.48. The molecular formula is C29H32NSi+. The van der Waals surface area contributed by atoms with E-state index in [4.69, 9.17) is 1.37 Å². The summed E-state index contributed by atoms with van der Waals surface area (Å²) in [5, 5.41) is 5.20. The van der Waals surface area contributed by atoms with Crippen molar-refractivity contribution in [2.75, 3.05) is 0 Å².